The zero-order valence-corrected chi connectivity index (χ0v) is 11.6. The summed E-state index contributed by atoms with van der Waals surface area (Å²) in [5.74, 6) is -4.33. The molecule has 1 aromatic carbocycles. The molecule has 3 N–H and O–H groups in total. The minimum absolute atomic E-state index is 0.0263. The Hall–Kier alpha value is -2.54. The highest BCUT2D eigenvalue weighted by Crippen LogP contribution is 2.44. The molecule has 0 spiro atoms. The van der Waals surface area contributed by atoms with E-state index in [9.17, 15) is 24.3 Å². The third kappa shape index (κ3) is 1.54. The van der Waals surface area contributed by atoms with Crippen molar-refractivity contribution in [3.63, 3.8) is 0 Å². The van der Waals surface area contributed by atoms with Crippen LogP contribution in [0.5, 0.6) is 0 Å². The van der Waals surface area contributed by atoms with Gasteiger partial charge in [-0.1, -0.05) is 24.3 Å². The molecule has 2 atom stereocenters. The fourth-order valence-electron chi connectivity index (χ4n) is 3.52. The number of amides is 1. The van der Waals surface area contributed by atoms with Crippen LogP contribution < -0.4 is 5.73 Å². The molecule has 7 nitrogen and oxygen atoms in total. The van der Waals surface area contributed by atoms with Gasteiger partial charge >= 0.3 is 5.97 Å². The summed E-state index contributed by atoms with van der Waals surface area (Å²) in [4.78, 5) is 50.4. The number of carbonyl (C=O) groups is 4. The molecule has 2 aliphatic rings. The number of carbonyl (C=O) groups excluding carboxylic acids is 3. The minimum atomic E-state index is -2.16. The molecule has 0 bridgehead atoms. The molecule has 1 aliphatic carbocycles. The number of ketones is 2. The number of nitrogens with two attached hydrogens (primary N) is 1. The molecule has 0 saturated carbocycles. The van der Waals surface area contributed by atoms with E-state index < -0.39 is 41.4 Å². The number of hydrogen-bond acceptors (Lipinski definition) is 5. The second-order valence-corrected chi connectivity index (χ2v) is 5.40. The zero-order chi connectivity index (χ0) is 16.1. The van der Waals surface area contributed by atoms with Crippen LogP contribution in [0.25, 0.3) is 0 Å². The Morgan fingerprint density at radius 2 is 1.91 bits per heavy atom. The third-order valence-corrected chi connectivity index (χ3v) is 4.47. The van der Waals surface area contributed by atoms with Crippen molar-refractivity contribution in [3.8, 4) is 0 Å². The maximum Gasteiger partial charge on any atom is 0.338 e. The van der Waals surface area contributed by atoms with Crippen LogP contribution in [0.1, 0.15) is 27.1 Å². The van der Waals surface area contributed by atoms with Gasteiger partial charge in [0.25, 0.3) is 0 Å². The molecule has 1 fully saturated rings. The standard InChI is InChI=1S/C15H14N2O5/c16-7-11(18)17-6-5-10-12(19)8-3-1-2-4-9(8)13(20)15(10,17)14(21)22/h1-4,10H,5-7,16H2,(H,21,22)/t10?,15-/m1/s1. The second-order valence-electron chi connectivity index (χ2n) is 5.40. The highest BCUT2D eigenvalue weighted by Gasteiger charge is 2.66. The monoisotopic (exact) mass is 302 g/mol. The van der Waals surface area contributed by atoms with E-state index in [1.807, 2.05) is 0 Å². The van der Waals surface area contributed by atoms with E-state index in [1.54, 1.807) is 12.1 Å². The fourth-order valence-corrected chi connectivity index (χ4v) is 3.52. The first-order chi connectivity index (χ1) is 10.5. The summed E-state index contributed by atoms with van der Waals surface area (Å²) in [7, 11) is 0. The van der Waals surface area contributed by atoms with E-state index in [1.165, 1.54) is 12.1 Å². The minimum Gasteiger partial charge on any atom is -0.479 e. The van der Waals surface area contributed by atoms with E-state index in [0.717, 1.165) is 4.90 Å². The zero-order valence-electron chi connectivity index (χ0n) is 11.6. The topological polar surface area (TPSA) is 118 Å². The van der Waals surface area contributed by atoms with E-state index >= 15 is 0 Å². The molecule has 1 aromatic rings. The molecular weight excluding hydrogens is 288 g/mol. The van der Waals surface area contributed by atoms with Gasteiger partial charge in [-0.25, -0.2) is 4.79 Å². The quantitative estimate of drug-likeness (QED) is 0.724. The molecule has 1 unspecified atom stereocenters. The van der Waals surface area contributed by atoms with E-state index in [4.69, 9.17) is 5.73 Å². The van der Waals surface area contributed by atoms with Gasteiger partial charge in [0, 0.05) is 17.7 Å². The molecule has 1 amide bonds. The lowest BCUT2D eigenvalue weighted by molar-refractivity contribution is -0.154. The Morgan fingerprint density at radius 1 is 1.27 bits per heavy atom. The molecule has 1 aliphatic heterocycles. The Balaban J connectivity index is 2.27. The Morgan fingerprint density at radius 3 is 2.50 bits per heavy atom. The van der Waals surface area contributed by atoms with E-state index in [0.29, 0.717) is 0 Å². The van der Waals surface area contributed by atoms with Gasteiger partial charge in [-0.3, -0.25) is 14.4 Å². The summed E-state index contributed by atoms with van der Waals surface area (Å²) in [6.07, 6.45) is 0.136. The fraction of sp³-hybridized carbons (Fsp3) is 0.333. The Bertz CT molecular complexity index is 714. The van der Waals surface area contributed by atoms with Crippen LogP contribution in [-0.2, 0) is 9.59 Å². The molecule has 0 aromatic heterocycles. The molecule has 3 rings (SSSR count). The van der Waals surface area contributed by atoms with Gasteiger partial charge in [0.05, 0.1) is 12.5 Å². The van der Waals surface area contributed by atoms with Gasteiger partial charge in [0.15, 0.2) is 5.78 Å². The molecule has 114 valence electrons. The van der Waals surface area contributed by atoms with Crippen LogP contribution in [0.3, 0.4) is 0 Å². The Kier molecular flexibility index (Phi) is 3.10. The number of nitrogens with zero attached hydrogens (tertiary/aromatic N) is 1. The summed E-state index contributed by atoms with van der Waals surface area (Å²) in [6.45, 7) is -0.386. The van der Waals surface area contributed by atoms with Crippen molar-refractivity contribution < 1.29 is 24.3 Å². The van der Waals surface area contributed by atoms with E-state index in [-0.39, 0.29) is 24.1 Å². The summed E-state index contributed by atoms with van der Waals surface area (Å²) < 4.78 is 0. The number of benzene rings is 1. The summed E-state index contributed by atoms with van der Waals surface area (Å²) >= 11 is 0. The summed E-state index contributed by atoms with van der Waals surface area (Å²) in [5.41, 5.74) is 3.43. The van der Waals surface area contributed by atoms with Crippen molar-refractivity contribution in [2.45, 2.75) is 12.0 Å². The highest BCUT2D eigenvalue weighted by atomic mass is 16.4. The number of carboxylic acid groups (broad SMARTS) is 1. The number of rotatable bonds is 2. The number of hydrogen-bond donors (Lipinski definition) is 2. The summed E-state index contributed by atoms with van der Waals surface area (Å²) in [6, 6.07) is 6.11. The predicted octanol–water partition coefficient (Wildman–Crippen LogP) is -0.304. The van der Waals surface area contributed by atoms with Gasteiger partial charge in [0.1, 0.15) is 0 Å². The maximum atomic E-state index is 12.9. The van der Waals surface area contributed by atoms with Gasteiger partial charge in [-0.15, -0.1) is 0 Å². The van der Waals surface area contributed by atoms with Crippen molar-refractivity contribution in [1.82, 2.24) is 4.90 Å². The summed E-state index contributed by atoms with van der Waals surface area (Å²) in [5, 5.41) is 9.72. The van der Waals surface area contributed by atoms with Gasteiger partial charge < -0.3 is 15.7 Å². The second kappa shape index (κ2) is 4.74. The number of aliphatic carboxylic acids is 1. The first-order valence-corrected chi connectivity index (χ1v) is 6.88. The van der Waals surface area contributed by atoms with Crippen molar-refractivity contribution in [2.75, 3.05) is 13.1 Å². The van der Waals surface area contributed by atoms with Crippen LogP contribution in [0.15, 0.2) is 24.3 Å². The van der Waals surface area contributed by atoms with Crippen molar-refractivity contribution in [2.24, 2.45) is 11.7 Å². The van der Waals surface area contributed by atoms with Crippen molar-refractivity contribution in [3.05, 3.63) is 35.4 Å². The van der Waals surface area contributed by atoms with Crippen LogP contribution in [0.2, 0.25) is 0 Å². The first-order valence-electron chi connectivity index (χ1n) is 6.88. The number of fused-ring (bicyclic) bond motifs is 2. The third-order valence-electron chi connectivity index (χ3n) is 4.47. The molecule has 7 heteroatoms. The molecule has 1 saturated heterocycles. The lowest BCUT2D eigenvalue weighted by Crippen LogP contribution is -2.65. The average Bonchev–Trinajstić information content (AvgIpc) is 2.93. The van der Waals surface area contributed by atoms with Gasteiger partial charge in [-0.05, 0) is 6.42 Å². The number of likely N-dealkylation sites (tertiary alicyclic amines) is 1. The van der Waals surface area contributed by atoms with Crippen LogP contribution in [0, 0.1) is 5.92 Å². The van der Waals surface area contributed by atoms with E-state index in [2.05, 4.69) is 0 Å². The highest BCUT2D eigenvalue weighted by molar-refractivity contribution is 6.28. The molecule has 1 heterocycles. The smallest absolute Gasteiger partial charge is 0.338 e. The molecular formula is C15H14N2O5. The lowest BCUT2D eigenvalue weighted by atomic mass is 9.69. The van der Waals surface area contributed by atoms with Gasteiger partial charge in [0.2, 0.25) is 17.2 Å². The van der Waals surface area contributed by atoms with Crippen LogP contribution in [-0.4, -0.2) is 52.1 Å². The SMILES string of the molecule is NCC(=O)N1CCC2C(=O)c3ccccc3C(=O)[C@@]21C(=O)O. The van der Waals surface area contributed by atoms with Crippen LogP contribution in [0.4, 0.5) is 0 Å². The molecule has 22 heavy (non-hydrogen) atoms. The average molecular weight is 302 g/mol. The van der Waals surface area contributed by atoms with Crippen LogP contribution >= 0.6 is 0 Å². The predicted molar refractivity (Wildman–Crippen MR) is 74.3 cm³/mol. The Labute approximate surface area is 125 Å². The molecule has 0 radical (unpaired) electrons. The van der Waals surface area contributed by atoms with Crippen molar-refractivity contribution >= 4 is 23.4 Å². The number of carboxylic acids is 1. The first kappa shape index (κ1) is 14.4. The normalized spacial score (nSPS) is 26.6. The van der Waals surface area contributed by atoms with Crippen molar-refractivity contribution in [1.29, 1.82) is 0 Å². The largest absolute Gasteiger partial charge is 0.479 e. The van der Waals surface area contributed by atoms with Gasteiger partial charge in [-0.2, -0.15) is 0 Å². The number of Topliss-reactive ketones (excluding diaryl/α,β-unsaturated/α-hetero) is 2. The lowest BCUT2D eigenvalue weighted by Gasteiger charge is -2.39. The maximum absolute atomic E-state index is 12.9.